The van der Waals surface area contributed by atoms with Crippen LogP contribution in [-0.2, 0) is 4.79 Å². The van der Waals surface area contributed by atoms with Crippen LogP contribution in [0.1, 0.15) is 13.3 Å². The molecule has 0 aliphatic carbocycles. The molecular formula is C7H12BrNO2. The van der Waals surface area contributed by atoms with Gasteiger partial charge in [-0.25, -0.2) is 0 Å². The number of β-amino-alcohol motifs (C(OH)–C–C–N with tert-alkyl or cyclic N) is 1. The van der Waals surface area contributed by atoms with Gasteiger partial charge in [-0.1, -0.05) is 15.9 Å². The Labute approximate surface area is 74.5 Å². The molecule has 0 saturated carbocycles. The second kappa shape index (κ2) is 3.54. The number of aliphatic hydroxyl groups excluding tert-OH is 1. The summed E-state index contributed by atoms with van der Waals surface area (Å²) >= 11 is 3.20. The maximum Gasteiger partial charge on any atom is 0.236 e. The molecule has 1 amide bonds. The van der Waals surface area contributed by atoms with E-state index in [0.717, 1.165) is 0 Å². The van der Waals surface area contributed by atoms with Gasteiger partial charge >= 0.3 is 0 Å². The van der Waals surface area contributed by atoms with Gasteiger partial charge in [0, 0.05) is 13.1 Å². The lowest BCUT2D eigenvalue weighted by Gasteiger charge is -2.16. The zero-order valence-corrected chi connectivity index (χ0v) is 8.04. The molecule has 1 N–H and O–H groups in total. The Morgan fingerprint density at radius 1 is 1.82 bits per heavy atom. The molecule has 3 nitrogen and oxygen atoms in total. The number of halogens is 1. The van der Waals surface area contributed by atoms with Crippen LogP contribution < -0.4 is 0 Å². The fourth-order valence-corrected chi connectivity index (χ4v) is 1.48. The lowest BCUT2D eigenvalue weighted by atomic mass is 10.3. The quantitative estimate of drug-likeness (QED) is 0.651. The van der Waals surface area contributed by atoms with Crippen molar-refractivity contribution >= 4 is 21.8 Å². The predicted octanol–water partition coefficient (Wildman–Crippen LogP) is 0.363. The van der Waals surface area contributed by atoms with Gasteiger partial charge < -0.3 is 10.0 Å². The number of hydrogen-bond acceptors (Lipinski definition) is 2. The lowest BCUT2D eigenvalue weighted by Crippen LogP contribution is -2.34. The summed E-state index contributed by atoms with van der Waals surface area (Å²) in [6.45, 7) is 2.98. The number of nitrogens with zero attached hydrogens (tertiary/aromatic N) is 1. The van der Waals surface area contributed by atoms with E-state index in [-0.39, 0.29) is 16.8 Å². The van der Waals surface area contributed by atoms with Gasteiger partial charge in [0.1, 0.15) is 0 Å². The Balaban J connectivity index is 2.43. The number of hydrogen-bond donors (Lipinski definition) is 1. The first kappa shape index (κ1) is 9.00. The van der Waals surface area contributed by atoms with Crippen molar-refractivity contribution in [2.24, 2.45) is 0 Å². The molecule has 64 valence electrons. The molecule has 4 heteroatoms. The van der Waals surface area contributed by atoms with Gasteiger partial charge in [-0.15, -0.1) is 0 Å². The number of amides is 1. The van der Waals surface area contributed by atoms with Crippen LogP contribution >= 0.6 is 15.9 Å². The summed E-state index contributed by atoms with van der Waals surface area (Å²) in [6, 6.07) is 0. The first-order chi connectivity index (χ1) is 5.11. The number of likely N-dealkylation sites (tertiary alicyclic amines) is 1. The summed E-state index contributed by atoms with van der Waals surface area (Å²) in [5.41, 5.74) is 0. The average molecular weight is 222 g/mol. The van der Waals surface area contributed by atoms with Crippen molar-refractivity contribution < 1.29 is 9.90 Å². The molecule has 1 unspecified atom stereocenters. The van der Waals surface area contributed by atoms with Crippen molar-refractivity contribution in [1.82, 2.24) is 4.90 Å². The van der Waals surface area contributed by atoms with Crippen LogP contribution in [0.4, 0.5) is 0 Å². The van der Waals surface area contributed by atoms with Crippen molar-refractivity contribution in [2.45, 2.75) is 24.3 Å². The molecule has 1 aliphatic rings. The van der Waals surface area contributed by atoms with Crippen LogP contribution in [0, 0.1) is 0 Å². The molecule has 0 spiro atoms. The van der Waals surface area contributed by atoms with Gasteiger partial charge in [-0.3, -0.25) is 4.79 Å². The van der Waals surface area contributed by atoms with Gasteiger partial charge in [0.15, 0.2) is 0 Å². The molecule has 1 saturated heterocycles. The molecule has 0 aromatic carbocycles. The van der Waals surface area contributed by atoms with Crippen LogP contribution in [0.15, 0.2) is 0 Å². The SMILES string of the molecule is CC(Br)C(=O)N1CC[C@@H](O)C1. The maximum absolute atomic E-state index is 11.3. The highest BCUT2D eigenvalue weighted by Gasteiger charge is 2.26. The van der Waals surface area contributed by atoms with E-state index in [2.05, 4.69) is 15.9 Å². The van der Waals surface area contributed by atoms with Crippen molar-refractivity contribution in [3.05, 3.63) is 0 Å². The van der Waals surface area contributed by atoms with Crippen molar-refractivity contribution in [2.75, 3.05) is 13.1 Å². The summed E-state index contributed by atoms with van der Waals surface area (Å²) < 4.78 is 0. The molecule has 0 bridgehead atoms. The molecule has 1 rings (SSSR count). The smallest absolute Gasteiger partial charge is 0.236 e. The number of alkyl halides is 1. The first-order valence-corrected chi connectivity index (χ1v) is 4.63. The zero-order chi connectivity index (χ0) is 8.43. The van der Waals surface area contributed by atoms with Crippen molar-refractivity contribution in [3.63, 3.8) is 0 Å². The molecule has 1 fully saturated rings. The van der Waals surface area contributed by atoms with Gasteiger partial charge in [-0.05, 0) is 13.3 Å². The summed E-state index contributed by atoms with van der Waals surface area (Å²) in [6.07, 6.45) is 0.399. The van der Waals surface area contributed by atoms with Gasteiger partial charge in [0.05, 0.1) is 10.9 Å². The fourth-order valence-electron chi connectivity index (χ4n) is 1.19. The Morgan fingerprint density at radius 3 is 2.82 bits per heavy atom. The van der Waals surface area contributed by atoms with Crippen molar-refractivity contribution in [1.29, 1.82) is 0 Å². The highest BCUT2D eigenvalue weighted by atomic mass is 79.9. The third kappa shape index (κ3) is 2.17. The number of carbonyl (C=O) groups is 1. The molecule has 2 atom stereocenters. The van der Waals surface area contributed by atoms with Crippen LogP contribution in [0.5, 0.6) is 0 Å². The molecule has 0 aromatic rings. The van der Waals surface area contributed by atoms with Crippen LogP contribution in [0.3, 0.4) is 0 Å². The fraction of sp³-hybridized carbons (Fsp3) is 0.857. The summed E-state index contributed by atoms with van der Waals surface area (Å²) in [7, 11) is 0. The van der Waals surface area contributed by atoms with Crippen molar-refractivity contribution in [3.8, 4) is 0 Å². The van der Waals surface area contributed by atoms with Gasteiger partial charge in [-0.2, -0.15) is 0 Å². The summed E-state index contributed by atoms with van der Waals surface area (Å²) in [5, 5.41) is 9.12. The normalized spacial score (nSPS) is 27.2. The molecule has 0 radical (unpaired) electrons. The highest BCUT2D eigenvalue weighted by molar-refractivity contribution is 9.10. The van der Waals surface area contributed by atoms with Gasteiger partial charge in [0.25, 0.3) is 0 Å². The van der Waals surface area contributed by atoms with E-state index < -0.39 is 0 Å². The van der Waals surface area contributed by atoms with Gasteiger partial charge in [0.2, 0.25) is 5.91 Å². The molecule has 0 aromatic heterocycles. The molecule has 1 heterocycles. The minimum atomic E-state index is -0.315. The van der Waals surface area contributed by atoms with E-state index >= 15 is 0 Å². The third-order valence-corrected chi connectivity index (χ3v) is 2.21. The third-order valence-electron chi connectivity index (χ3n) is 1.82. The predicted molar refractivity (Wildman–Crippen MR) is 45.6 cm³/mol. The maximum atomic E-state index is 11.3. The van der Waals surface area contributed by atoms with Crippen LogP contribution in [0.2, 0.25) is 0 Å². The minimum Gasteiger partial charge on any atom is -0.391 e. The monoisotopic (exact) mass is 221 g/mol. The summed E-state index contributed by atoms with van der Waals surface area (Å²) in [5.74, 6) is 0.0709. The second-order valence-corrected chi connectivity index (χ2v) is 4.22. The van der Waals surface area contributed by atoms with E-state index in [4.69, 9.17) is 5.11 Å². The average Bonchev–Trinajstić information content (AvgIpc) is 2.34. The molecule has 11 heavy (non-hydrogen) atoms. The number of carbonyl (C=O) groups excluding carboxylic acids is 1. The van der Waals surface area contributed by atoms with Crippen LogP contribution in [-0.4, -0.2) is 39.9 Å². The second-order valence-electron chi connectivity index (χ2n) is 2.84. The number of rotatable bonds is 1. The largest absolute Gasteiger partial charge is 0.391 e. The van der Waals surface area contributed by atoms with E-state index in [1.54, 1.807) is 11.8 Å². The Kier molecular flexibility index (Phi) is 2.90. The highest BCUT2D eigenvalue weighted by Crippen LogP contribution is 2.12. The number of aliphatic hydroxyl groups is 1. The Hall–Kier alpha value is -0.0900. The minimum absolute atomic E-state index is 0.0709. The van der Waals surface area contributed by atoms with Crippen LogP contribution in [0.25, 0.3) is 0 Å². The molecule has 1 aliphatic heterocycles. The zero-order valence-electron chi connectivity index (χ0n) is 6.46. The summed E-state index contributed by atoms with van der Waals surface area (Å²) in [4.78, 5) is 12.8. The lowest BCUT2D eigenvalue weighted by molar-refractivity contribution is -0.129. The van der Waals surface area contributed by atoms with E-state index in [1.807, 2.05) is 0 Å². The van der Waals surface area contributed by atoms with E-state index in [0.29, 0.717) is 19.5 Å². The Morgan fingerprint density at radius 2 is 2.45 bits per heavy atom. The Bertz CT molecular complexity index is 161. The first-order valence-electron chi connectivity index (χ1n) is 3.72. The van der Waals surface area contributed by atoms with E-state index in [1.165, 1.54) is 0 Å². The van der Waals surface area contributed by atoms with E-state index in [9.17, 15) is 4.79 Å². The standard InChI is InChI=1S/C7H12BrNO2/c1-5(8)7(11)9-3-2-6(10)4-9/h5-6,10H,2-4H2,1H3/t5?,6-/m1/s1. The molecular weight excluding hydrogens is 210 g/mol. The topological polar surface area (TPSA) is 40.5 Å².